The van der Waals surface area contributed by atoms with E-state index < -0.39 is 18.5 Å². The molecule has 17 heavy (non-hydrogen) atoms. The first kappa shape index (κ1) is 12.8. The van der Waals surface area contributed by atoms with Crippen molar-refractivity contribution in [3.05, 3.63) is 23.8 Å². The number of hydroxylamine groups is 1. The van der Waals surface area contributed by atoms with Gasteiger partial charge in [0.1, 0.15) is 0 Å². The van der Waals surface area contributed by atoms with Crippen molar-refractivity contribution in [2.45, 2.75) is 0 Å². The molecule has 7 heteroatoms. The van der Waals surface area contributed by atoms with E-state index in [1.165, 1.54) is 25.3 Å². The minimum Gasteiger partial charge on any atom is -0.504 e. The molecule has 1 aromatic rings. The predicted molar refractivity (Wildman–Crippen MR) is 55.7 cm³/mol. The molecule has 0 heterocycles. The summed E-state index contributed by atoms with van der Waals surface area (Å²) in [5.74, 6) is -1.83. The summed E-state index contributed by atoms with van der Waals surface area (Å²) < 4.78 is 4.80. The van der Waals surface area contributed by atoms with Crippen molar-refractivity contribution >= 4 is 11.9 Å². The third-order valence-electron chi connectivity index (χ3n) is 1.80. The highest BCUT2D eigenvalue weighted by atomic mass is 16.7. The van der Waals surface area contributed by atoms with Gasteiger partial charge in [-0.1, -0.05) is 0 Å². The summed E-state index contributed by atoms with van der Waals surface area (Å²) in [4.78, 5) is 25.9. The van der Waals surface area contributed by atoms with Gasteiger partial charge >= 0.3 is 5.97 Å². The van der Waals surface area contributed by atoms with Crippen molar-refractivity contribution in [2.75, 3.05) is 13.7 Å². The molecule has 3 N–H and O–H groups in total. The fourth-order valence-electron chi connectivity index (χ4n) is 1.05. The average molecular weight is 241 g/mol. The van der Waals surface area contributed by atoms with Crippen LogP contribution in [0.5, 0.6) is 11.5 Å². The quantitative estimate of drug-likeness (QED) is 0.633. The van der Waals surface area contributed by atoms with E-state index in [1.807, 2.05) is 5.48 Å². The third kappa shape index (κ3) is 3.65. The zero-order valence-corrected chi connectivity index (χ0v) is 8.97. The largest absolute Gasteiger partial charge is 0.504 e. The van der Waals surface area contributed by atoms with Gasteiger partial charge in [0, 0.05) is 5.56 Å². The maximum absolute atomic E-state index is 11.4. The van der Waals surface area contributed by atoms with Gasteiger partial charge < -0.3 is 14.9 Å². The molecule has 0 aliphatic rings. The fourth-order valence-corrected chi connectivity index (χ4v) is 1.05. The van der Waals surface area contributed by atoms with Crippen LogP contribution in [0.3, 0.4) is 0 Å². The zero-order valence-electron chi connectivity index (χ0n) is 8.97. The molecule has 0 radical (unpaired) electrons. The van der Waals surface area contributed by atoms with E-state index in [0.717, 1.165) is 0 Å². The Hall–Kier alpha value is -2.28. The van der Waals surface area contributed by atoms with Crippen molar-refractivity contribution in [1.29, 1.82) is 0 Å². The van der Waals surface area contributed by atoms with E-state index in [2.05, 4.69) is 4.84 Å². The monoisotopic (exact) mass is 241 g/mol. The highest BCUT2D eigenvalue weighted by molar-refractivity contribution is 5.94. The number of benzene rings is 1. The molecule has 0 bridgehead atoms. The summed E-state index contributed by atoms with van der Waals surface area (Å²) in [6, 6.07) is 3.98. The van der Waals surface area contributed by atoms with Gasteiger partial charge in [0.05, 0.1) is 7.11 Å². The number of hydrogen-bond acceptors (Lipinski definition) is 5. The van der Waals surface area contributed by atoms with Gasteiger partial charge in [-0.05, 0) is 18.2 Å². The maximum Gasteiger partial charge on any atom is 0.332 e. The van der Waals surface area contributed by atoms with Gasteiger partial charge in [-0.25, -0.2) is 10.3 Å². The number of aliphatic carboxylic acids is 1. The van der Waals surface area contributed by atoms with Crippen LogP contribution < -0.4 is 10.2 Å². The Morgan fingerprint density at radius 3 is 2.65 bits per heavy atom. The highest BCUT2D eigenvalue weighted by Crippen LogP contribution is 2.25. The molecule has 7 nitrogen and oxygen atoms in total. The SMILES string of the molecule is COc1ccc(C(=O)NOCC(=O)O)cc1O. The number of amides is 1. The van der Waals surface area contributed by atoms with Gasteiger partial charge in [0.25, 0.3) is 5.91 Å². The van der Waals surface area contributed by atoms with E-state index in [-0.39, 0.29) is 17.1 Å². The summed E-state index contributed by atoms with van der Waals surface area (Å²) >= 11 is 0. The van der Waals surface area contributed by atoms with Crippen molar-refractivity contribution in [3.63, 3.8) is 0 Å². The number of carbonyl (C=O) groups is 2. The van der Waals surface area contributed by atoms with Crippen LogP contribution in [-0.2, 0) is 9.63 Å². The first-order chi connectivity index (χ1) is 8.04. The van der Waals surface area contributed by atoms with Gasteiger partial charge in [-0.3, -0.25) is 9.63 Å². The molecule has 0 saturated carbocycles. The van der Waals surface area contributed by atoms with Gasteiger partial charge in [0.15, 0.2) is 18.1 Å². The summed E-state index contributed by atoms with van der Waals surface area (Å²) in [7, 11) is 1.38. The van der Waals surface area contributed by atoms with Crippen LogP contribution in [0.1, 0.15) is 10.4 Å². The molecule has 0 spiro atoms. The predicted octanol–water partition coefficient (Wildman–Crippen LogP) is 0.147. The molecule has 0 aliphatic carbocycles. The van der Waals surface area contributed by atoms with Crippen molar-refractivity contribution in [2.24, 2.45) is 0 Å². The Kier molecular flexibility index (Phi) is 4.29. The Labute approximate surface area is 96.5 Å². The lowest BCUT2D eigenvalue weighted by molar-refractivity contribution is -0.144. The summed E-state index contributed by atoms with van der Waals surface area (Å²) in [5.41, 5.74) is 2.04. The lowest BCUT2D eigenvalue weighted by Gasteiger charge is -2.06. The van der Waals surface area contributed by atoms with Crippen LogP contribution in [0.25, 0.3) is 0 Å². The Morgan fingerprint density at radius 1 is 1.41 bits per heavy atom. The van der Waals surface area contributed by atoms with Crippen LogP contribution in [0.15, 0.2) is 18.2 Å². The molecular weight excluding hydrogens is 230 g/mol. The molecular formula is C10H11NO6. The Morgan fingerprint density at radius 2 is 2.12 bits per heavy atom. The fraction of sp³-hybridized carbons (Fsp3) is 0.200. The van der Waals surface area contributed by atoms with Crippen LogP contribution in [0.4, 0.5) is 0 Å². The second-order valence-corrected chi connectivity index (χ2v) is 3.00. The van der Waals surface area contributed by atoms with E-state index in [9.17, 15) is 14.7 Å². The van der Waals surface area contributed by atoms with Gasteiger partial charge in [-0.15, -0.1) is 0 Å². The molecule has 0 atom stereocenters. The van der Waals surface area contributed by atoms with Gasteiger partial charge in [0.2, 0.25) is 0 Å². The van der Waals surface area contributed by atoms with Gasteiger partial charge in [-0.2, -0.15) is 0 Å². The number of carboxylic acid groups (broad SMARTS) is 1. The summed E-state index contributed by atoms with van der Waals surface area (Å²) in [6.07, 6.45) is 0. The van der Waals surface area contributed by atoms with Crippen LogP contribution in [0, 0.1) is 0 Å². The summed E-state index contributed by atoms with van der Waals surface area (Å²) in [6.45, 7) is -0.645. The lowest BCUT2D eigenvalue weighted by atomic mass is 10.2. The molecule has 1 aromatic carbocycles. The molecule has 1 rings (SSSR count). The molecule has 0 saturated heterocycles. The third-order valence-corrected chi connectivity index (χ3v) is 1.80. The highest BCUT2D eigenvalue weighted by Gasteiger charge is 2.10. The second kappa shape index (κ2) is 5.71. The normalized spacial score (nSPS) is 9.71. The van der Waals surface area contributed by atoms with Crippen LogP contribution >= 0.6 is 0 Å². The minimum atomic E-state index is -1.21. The summed E-state index contributed by atoms with van der Waals surface area (Å²) in [5, 5.41) is 17.7. The number of phenolic OH excluding ortho intramolecular Hbond substituents is 1. The molecule has 1 amide bonds. The molecule has 0 aliphatic heterocycles. The smallest absolute Gasteiger partial charge is 0.332 e. The first-order valence-electron chi connectivity index (χ1n) is 4.55. The van der Waals surface area contributed by atoms with Crippen LogP contribution in [-0.4, -0.2) is 35.8 Å². The minimum absolute atomic E-state index is 0.119. The van der Waals surface area contributed by atoms with E-state index in [4.69, 9.17) is 9.84 Å². The number of rotatable bonds is 5. The second-order valence-electron chi connectivity index (χ2n) is 3.00. The van der Waals surface area contributed by atoms with Crippen LogP contribution in [0.2, 0.25) is 0 Å². The first-order valence-corrected chi connectivity index (χ1v) is 4.55. The maximum atomic E-state index is 11.4. The Balaban J connectivity index is 2.63. The molecule has 0 aromatic heterocycles. The number of methoxy groups -OCH3 is 1. The number of carbonyl (C=O) groups excluding carboxylic acids is 1. The van der Waals surface area contributed by atoms with Crippen molar-refractivity contribution in [3.8, 4) is 11.5 Å². The number of phenols is 1. The molecule has 0 fully saturated rings. The van der Waals surface area contributed by atoms with Crippen molar-refractivity contribution < 1.29 is 29.4 Å². The van der Waals surface area contributed by atoms with Crippen molar-refractivity contribution in [1.82, 2.24) is 5.48 Å². The molecule has 0 unspecified atom stereocenters. The Bertz CT molecular complexity index is 431. The lowest BCUT2D eigenvalue weighted by Crippen LogP contribution is -2.26. The average Bonchev–Trinajstić information content (AvgIpc) is 2.28. The van der Waals surface area contributed by atoms with E-state index in [0.29, 0.717) is 0 Å². The number of ether oxygens (including phenoxy) is 1. The number of nitrogens with one attached hydrogen (secondary N) is 1. The number of aromatic hydroxyl groups is 1. The zero-order chi connectivity index (χ0) is 12.8. The number of carboxylic acids is 1. The standard InChI is InChI=1S/C10H11NO6/c1-16-8-3-2-6(4-7(8)12)10(15)11-17-5-9(13)14/h2-4,12H,5H2,1H3,(H,11,15)(H,13,14). The topological polar surface area (TPSA) is 105 Å². The van der Waals surface area contributed by atoms with E-state index in [1.54, 1.807) is 0 Å². The van der Waals surface area contributed by atoms with E-state index >= 15 is 0 Å². The number of hydrogen-bond donors (Lipinski definition) is 3. The molecule has 92 valence electrons.